The van der Waals surface area contributed by atoms with Gasteiger partial charge in [0.25, 0.3) is 0 Å². The monoisotopic (exact) mass is 452 g/mol. The molecular formula is C17H12ClF3N8O2. The molecule has 0 bridgehead atoms. The molecule has 0 aliphatic heterocycles. The number of halogens is 4. The van der Waals surface area contributed by atoms with Crippen LogP contribution in [-0.4, -0.2) is 38.3 Å². The summed E-state index contributed by atoms with van der Waals surface area (Å²) in [5.41, 5.74) is -1.10. The van der Waals surface area contributed by atoms with Gasteiger partial charge in [0.15, 0.2) is 5.69 Å². The van der Waals surface area contributed by atoms with Crippen LogP contribution in [0.15, 0.2) is 30.6 Å². The van der Waals surface area contributed by atoms with E-state index >= 15 is 0 Å². The van der Waals surface area contributed by atoms with Crippen LogP contribution in [0.2, 0.25) is 5.02 Å². The number of aromatic nitrogens is 5. The molecular weight excluding hydrogens is 441 g/mol. The summed E-state index contributed by atoms with van der Waals surface area (Å²) in [6.45, 7) is -0.354. The van der Waals surface area contributed by atoms with E-state index in [4.69, 9.17) is 21.6 Å². The number of nitrogens with one attached hydrogen (secondary N) is 2. The minimum absolute atomic E-state index is 0.00314. The van der Waals surface area contributed by atoms with Crippen molar-refractivity contribution in [1.29, 1.82) is 5.26 Å². The Kier molecular flexibility index (Phi) is 6.21. The maximum absolute atomic E-state index is 12.9. The van der Waals surface area contributed by atoms with Crippen LogP contribution < -0.4 is 15.0 Å². The van der Waals surface area contributed by atoms with Crippen molar-refractivity contribution in [2.45, 2.75) is 12.7 Å². The number of urea groups is 1. The van der Waals surface area contributed by atoms with Gasteiger partial charge in [0.05, 0.1) is 42.5 Å². The Balaban J connectivity index is 1.90. The van der Waals surface area contributed by atoms with Gasteiger partial charge >= 0.3 is 18.2 Å². The van der Waals surface area contributed by atoms with Gasteiger partial charge in [0.1, 0.15) is 17.6 Å². The van der Waals surface area contributed by atoms with E-state index in [1.807, 2.05) is 5.10 Å². The van der Waals surface area contributed by atoms with Crippen LogP contribution in [-0.2, 0) is 12.7 Å². The molecule has 3 aromatic heterocycles. The fourth-order valence-corrected chi connectivity index (χ4v) is 2.50. The average molecular weight is 453 g/mol. The Hall–Kier alpha value is -3.92. The van der Waals surface area contributed by atoms with Crippen molar-refractivity contribution in [3.05, 3.63) is 52.7 Å². The Bertz CT molecular complexity index is 1130. The van der Waals surface area contributed by atoms with Gasteiger partial charge in [-0.2, -0.15) is 23.5 Å². The molecule has 0 aromatic carbocycles. The zero-order valence-corrected chi connectivity index (χ0v) is 16.4. The number of rotatable bonds is 5. The van der Waals surface area contributed by atoms with Gasteiger partial charge in [0.2, 0.25) is 0 Å². The zero-order valence-electron chi connectivity index (χ0n) is 15.6. The number of alkyl halides is 3. The second kappa shape index (κ2) is 8.84. The Labute approximate surface area is 177 Å². The van der Waals surface area contributed by atoms with Crippen molar-refractivity contribution < 1.29 is 22.7 Å². The summed E-state index contributed by atoms with van der Waals surface area (Å²) in [6.07, 6.45) is -2.13. The van der Waals surface area contributed by atoms with Gasteiger partial charge in [-0.15, -0.1) is 0 Å². The first kappa shape index (κ1) is 21.8. The van der Waals surface area contributed by atoms with E-state index in [1.165, 1.54) is 31.6 Å². The molecule has 0 atom stereocenters. The lowest BCUT2D eigenvalue weighted by atomic mass is 10.3. The largest absolute Gasteiger partial charge is 0.467 e. The normalized spacial score (nSPS) is 11.0. The van der Waals surface area contributed by atoms with Crippen molar-refractivity contribution >= 4 is 29.1 Å². The summed E-state index contributed by atoms with van der Waals surface area (Å²) in [5, 5.41) is 17.1. The number of nitriles is 1. The van der Waals surface area contributed by atoms with Crippen molar-refractivity contribution in [3.8, 4) is 12.1 Å². The maximum atomic E-state index is 12.9. The minimum atomic E-state index is -4.62. The topological polar surface area (TPSA) is 133 Å². The number of ether oxygens (including phenoxy) is 1. The van der Waals surface area contributed by atoms with Gasteiger partial charge in [-0.1, -0.05) is 11.6 Å². The zero-order chi connectivity index (χ0) is 22.6. The third kappa shape index (κ3) is 5.17. The van der Waals surface area contributed by atoms with Gasteiger partial charge < -0.3 is 4.74 Å². The molecule has 3 rings (SSSR count). The molecule has 14 heteroatoms. The first-order chi connectivity index (χ1) is 14.7. The number of hydrogen-bond donors (Lipinski definition) is 2. The van der Waals surface area contributed by atoms with Gasteiger partial charge in [0, 0.05) is 0 Å². The maximum Gasteiger partial charge on any atom is 0.432 e. The van der Waals surface area contributed by atoms with Crippen LogP contribution in [0.25, 0.3) is 0 Å². The number of carbonyl (C=O) groups is 1. The number of carbonyl (C=O) groups excluding carboxylic acids is 1. The molecule has 2 amide bonds. The predicted octanol–water partition coefficient (Wildman–Crippen LogP) is 3.39. The summed E-state index contributed by atoms with van der Waals surface area (Å²) in [4.78, 5) is 25.6. The van der Waals surface area contributed by atoms with Crippen LogP contribution >= 0.6 is 11.6 Å². The molecule has 0 spiro atoms. The molecule has 31 heavy (non-hydrogen) atoms. The van der Waals surface area contributed by atoms with Crippen molar-refractivity contribution in [1.82, 2.24) is 25.1 Å². The first-order valence-electron chi connectivity index (χ1n) is 8.34. The molecule has 0 saturated carbocycles. The van der Waals surface area contributed by atoms with Crippen LogP contribution in [0.4, 0.5) is 29.5 Å². The number of anilines is 2. The number of aromatic amines is 1. The van der Waals surface area contributed by atoms with E-state index in [2.05, 4.69) is 25.4 Å². The number of H-pyrrole nitrogens is 1. The summed E-state index contributed by atoms with van der Waals surface area (Å²) >= 11 is 5.83. The smallest absolute Gasteiger partial charge is 0.432 e. The molecule has 160 valence electrons. The molecule has 3 aromatic rings. The lowest BCUT2D eigenvalue weighted by Gasteiger charge is -2.21. The van der Waals surface area contributed by atoms with Crippen LogP contribution in [0.3, 0.4) is 0 Å². The summed E-state index contributed by atoms with van der Waals surface area (Å²) < 4.78 is 43.4. The van der Waals surface area contributed by atoms with E-state index in [1.54, 1.807) is 6.07 Å². The third-order valence-corrected chi connectivity index (χ3v) is 4.10. The highest BCUT2D eigenvalue weighted by Crippen LogP contribution is 2.28. The van der Waals surface area contributed by atoms with Gasteiger partial charge in [-0.3, -0.25) is 15.3 Å². The quantitative estimate of drug-likeness (QED) is 0.606. The minimum Gasteiger partial charge on any atom is -0.467 e. The second-order valence-electron chi connectivity index (χ2n) is 5.85. The van der Waals surface area contributed by atoms with Gasteiger partial charge in [-0.05, 0) is 18.2 Å². The van der Waals surface area contributed by atoms with E-state index < -0.39 is 17.9 Å². The highest BCUT2D eigenvalue weighted by atomic mass is 35.5. The SMILES string of the molecule is COc1ncc(N(Cc2cc(C(F)(F)F)[nH]n2)C(=O)Nc2ccc(Cl)c(C#N)n2)cn1. The van der Waals surface area contributed by atoms with Crippen LogP contribution in [0, 0.1) is 11.3 Å². The summed E-state index contributed by atoms with van der Waals surface area (Å²) in [5.74, 6) is 0.00314. The number of pyridine rings is 1. The summed E-state index contributed by atoms with van der Waals surface area (Å²) in [7, 11) is 1.35. The first-order valence-corrected chi connectivity index (χ1v) is 8.71. The molecule has 0 unspecified atom stereocenters. The molecule has 0 radical (unpaired) electrons. The molecule has 2 N–H and O–H groups in total. The second-order valence-corrected chi connectivity index (χ2v) is 6.26. The average Bonchev–Trinajstić information content (AvgIpc) is 3.23. The van der Waals surface area contributed by atoms with E-state index in [-0.39, 0.29) is 40.5 Å². The highest BCUT2D eigenvalue weighted by Gasteiger charge is 2.33. The fourth-order valence-electron chi connectivity index (χ4n) is 2.35. The molecule has 0 aliphatic carbocycles. The number of methoxy groups -OCH3 is 1. The van der Waals surface area contributed by atoms with E-state index in [0.29, 0.717) is 0 Å². The van der Waals surface area contributed by atoms with Crippen LogP contribution in [0.1, 0.15) is 17.1 Å². The van der Waals surface area contributed by atoms with E-state index in [9.17, 15) is 18.0 Å². The number of amides is 2. The molecule has 0 fully saturated rings. The van der Waals surface area contributed by atoms with Crippen molar-refractivity contribution in [2.75, 3.05) is 17.3 Å². The molecule has 3 heterocycles. The Morgan fingerprint density at radius 3 is 2.65 bits per heavy atom. The molecule has 0 saturated heterocycles. The lowest BCUT2D eigenvalue weighted by molar-refractivity contribution is -0.141. The summed E-state index contributed by atoms with van der Waals surface area (Å²) in [6, 6.07) is 4.52. The van der Waals surface area contributed by atoms with E-state index in [0.717, 1.165) is 11.0 Å². The highest BCUT2D eigenvalue weighted by molar-refractivity contribution is 6.31. The Morgan fingerprint density at radius 2 is 2.06 bits per heavy atom. The standard InChI is InChI=1S/C17H12ClF3N8O2/c1-31-15-23-6-10(7-24-15)29(8-9-4-13(28-27-9)17(19,20)21)16(30)26-14-3-2-11(18)12(5-22)25-14/h2-4,6-7H,8H2,1H3,(H,27,28)(H,25,26,30). The number of nitrogens with zero attached hydrogens (tertiary/aromatic N) is 6. The molecule has 10 nitrogen and oxygen atoms in total. The Morgan fingerprint density at radius 1 is 1.35 bits per heavy atom. The van der Waals surface area contributed by atoms with Crippen molar-refractivity contribution in [2.24, 2.45) is 0 Å². The van der Waals surface area contributed by atoms with Crippen LogP contribution in [0.5, 0.6) is 6.01 Å². The molecule has 0 aliphatic rings. The number of hydrogen-bond acceptors (Lipinski definition) is 7. The van der Waals surface area contributed by atoms with Crippen molar-refractivity contribution in [3.63, 3.8) is 0 Å². The predicted molar refractivity (Wildman–Crippen MR) is 101 cm³/mol. The lowest BCUT2D eigenvalue weighted by Crippen LogP contribution is -2.35. The van der Waals surface area contributed by atoms with Gasteiger partial charge in [-0.25, -0.2) is 19.7 Å². The third-order valence-electron chi connectivity index (χ3n) is 3.80. The fraction of sp³-hybridized carbons (Fsp3) is 0.176.